The maximum atomic E-state index is 13.1. The molecule has 0 saturated carbocycles. The van der Waals surface area contributed by atoms with Crippen LogP contribution in [0.1, 0.15) is 17.2 Å². The Morgan fingerprint density at radius 1 is 0.871 bits per heavy atom. The molecule has 156 valence electrons. The third-order valence-electron chi connectivity index (χ3n) is 5.10. The number of halogens is 2. The van der Waals surface area contributed by atoms with Gasteiger partial charge in [-0.05, 0) is 54.1 Å². The normalized spacial score (nSPS) is 17.8. The highest BCUT2D eigenvalue weighted by Gasteiger charge is 2.46. The summed E-state index contributed by atoms with van der Waals surface area (Å²) in [4.78, 5) is 27.6. The molecule has 7 heteroatoms. The van der Waals surface area contributed by atoms with E-state index in [-0.39, 0.29) is 11.3 Å². The molecular weight excluding hydrogens is 526 g/mol. The van der Waals surface area contributed by atoms with Crippen LogP contribution in [0, 0.1) is 0 Å². The number of hydrogen-bond acceptors (Lipinski definition) is 4. The lowest BCUT2D eigenvalue weighted by atomic mass is 9.95. The molecule has 1 aliphatic rings. The summed E-state index contributed by atoms with van der Waals surface area (Å²) in [7, 11) is 1.57. The van der Waals surface area contributed by atoms with Crippen molar-refractivity contribution in [3.05, 3.63) is 98.4 Å². The molecule has 5 nitrogen and oxygen atoms in total. The lowest BCUT2D eigenvalue weighted by Crippen LogP contribution is -2.29. The third kappa shape index (κ3) is 4.03. The van der Waals surface area contributed by atoms with Gasteiger partial charge in [0.05, 0.1) is 18.7 Å². The van der Waals surface area contributed by atoms with Gasteiger partial charge in [0.2, 0.25) is 0 Å². The predicted octanol–water partition coefficient (Wildman–Crippen LogP) is 5.85. The second-order valence-corrected chi connectivity index (χ2v) is 8.76. The largest absolute Gasteiger partial charge is 0.507 e. The van der Waals surface area contributed by atoms with E-state index >= 15 is 0 Å². The van der Waals surface area contributed by atoms with Gasteiger partial charge in [-0.3, -0.25) is 14.5 Å². The monoisotopic (exact) mass is 541 g/mol. The van der Waals surface area contributed by atoms with Gasteiger partial charge in [0, 0.05) is 20.2 Å². The number of aliphatic hydroxyl groups is 1. The zero-order valence-corrected chi connectivity index (χ0v) is 19.6. The fourth-order valence-electron chi connectivity index (χ4n) is 3.57. The van der Waals surface area contributed by atoms with Gasteiger partial charge >= 0.3 is 0 Å². The standard InChI is InChI=1S/C24H17Br2NO4/c1-31-19-12-4-14(5-13-19)21-20(22(28)15-2-6-16(25)7-3-15)23(29)24(30)27(21)18-10-8-17(26)9-11-18/h2-13,21,28H,1H3/b22-20+. The Morgan fingerprint density at radius 2 is 1.42 bits per heavy atom. The summed E-state index contributed by atoms with van der Waals surface area (Å²) >= 11 is 6.76. The van der Waals surface area contributed by atoms with Crippen LogP contribution in [0.5, 0.6) is 5.75 Å². The fourth-order valence-corrected chi connectivity index (χ4v) is 4.09. The van der Waals surface area contributed by atoms with E-state index in [9.17, 15) is 14.7 Å². The van der Waals surface area contributed by atoms with Crippen LogP contribution in [0.3, 0.4) is 0 Å². The number of rotatable bonds is 4. The Morgan fingerprint density at radius 3 is 1.97 bits per heavy atom. The number of ketones is 1. The molecule has 0 bridgehead atoms. The number of Topliss-reactive ketones (excluding diaryl/α,β-unsaturated/α-hetero) is 1. The van der Waals surface area contributed by atoms with Crippen LogP contribution in [-0.2, 0) is 9.59 Å². The van der Waals surface area contributed by atoms with E-state index in [1.807, 2.05) is 0 Å². The zero-order valence-electron chi connectivity index (χ0n) is 16.4. The molecule has 31 heavy (non-hydrogen) atoms. The Labute approximate surface area is 196 Å². The fraction of sp³-hybridized carbons (Fsp3) is 0.0833. The number of amides is 1. The lowest BCUT2D eigenvalue weighted by Gasteiger charge is -2.25. The number of benzene rings is 3. The lowest BCUT2D eigenvalue weighted by molar-refractivity contribution is -0.132. The summed E-state index contributed by atoms with van der Waals surface area (Å²) in [6.07, 6.45) is 0. The van der Waals surface area contributed by atoms with Crippen molar-refractivity contribution in [1.29, 1.82) is 0 Å². The highest BCUT2D eigenvalue weighted by Crippen LogP contribution is 2.42. The minimum atomic E-state index is -0.782. The van der Waals surface area contributed by atoms with Gasteiger partial charge in [-0.25, -0.2) is 0 Å². The van der Waals surface area contributed by atoms with Gasteiger partial charge < -0.3 is 9.84 Å². The predicted molar refractivity (Wildman–Crippen MR) is 126 cm³/mol. The van der Waals surface area contributed by atoms with Gasteiger partial charge in [0.15, 0.2) is 0 Å². The van der Waals surface area contributed by atoms with E-state index < -0.39 is 17.7 Å². The molecule has 1 aliphatic heterocycles. The van der Waals surface area contributed by atoms with Crippen molar-refractivity contribution < 1.29 is 19.4 Å². The molecular formula is C24H17Br2NO4. The quantitative estimate of drug-likeness (QED) is 0.255. The number of anilines is 1. The van der Waals surface area contributed by atoms with Crippen LogP contribution in [-0.4, -0.2) is 23.9 Å². The van der Waals surface area contributed by atoms with Gasteiger partial charge in [-0.15, -0.1) is 0 Å². The molecule has 1 N–H and O–H groups in total. The van der Waals surface area contributed by atoms with Crippen LogP contribution < -0.4 is 9.64 Å². The first kappa shape index (κ1) is 21.3. The first-order valence-corrected chi connectivity index (χ1v) is 11.0. The van der Waals surface area contributed by atoms with Crippen molar-refractivity contribution in [2.45, 2.75) is 6.04 Å². The summed E-state index contributed by atoms with van der Waals surface area (Å²) in [6, 6.07) is 20.3. The zero-order chi connectivity index (χ0) is 22.1. The Kier molecular flexibility index (Phi) is 5.98. The van der Waals surface area contributed by atoms with Crippen molar-refractivity contribution in [3.8, 4) is 5.75 Å². The first-order valence-electron chi connectivity index (χ1n) is 9.37. The maximum absolute atomic E-state index is 13.1. The van der Waals surface area contributed by atoms with E-state index in [0.717, 1.165) is 8.95 Å². The number of aliphatic hydroxyl groups excluding tert-OH is 1. The number of methoxy groups -OCH3 is 1. The van der Waals surface area contributed by atoms with E-state index in [1.54, 1.807) is 79.9 Å². The second kappa shape index (κ2) is 8.69. The summed E-state index contributed by atoms with van der Waals surface area (Å²) in [5, 5.41) is 11.1. The number of ether oxygens (including phenoxy) is 1. The van der Waals surface area contributed by atoms with Crippen LogP contribution in [0.4, 0.5) is 5.69 Å². The van der Waals surface area contributed by atoms with Crippen molar-refractivity contribution in [2.24, 2.45) is 0 Å². The van der Waals surface area contributed by atoms with Crippen LogP contribution in [0.2, 0.25) is 0 Å². The molecule has 1 unspecified atom stereocenters. The summed E-state index contributed by atoms with van der Waals surface area (Å²) in [5.74, 6) is -0.991. The minimum Gasteiger partial charge on any atom is -0.507 e. The van der Waals surface area contributed by atoms with Crippen LogP contribution >= 0.6 is 31.9 Å². The minimum absolute atomic E-state index is 0.0420. The average Bonchev–Trinajstić information content (AvgIpc) is 3.05. The highest BCUT2D eigenvalue weighted by molar-refractivity contribution is 9.10. The molecule has 0 radical (unpaired) electrons. The SMILES string of the molecule is COc1ccc(C2/C(=C(\O)c3ccc(Br)cc3)C(=O)C(=O)N2c2ccc(Br)cc2)cc1. The molecule has 0 aliphatic carbocycles. The smallest absolute Gasteiger partial charge is 0.300 e. The van der Waals surface area contributed by atoms with Gasteiger partial charge in [0.1, 0.15) is 11.5 Å². The Bertz CT molecular complexity index is 1170. The molecule has 1 atom stereocenters. The molecule has 1 saturated heterocycles. The van der Waals surface area contributed by atoms with E-state index in [0.29, 0.717) is 22.6 Å². The van der Waals surface area contributed by atoms with Crippen LogP contribution in [0.15, 0.2) is 87.3 Å². The van der Waals surface area contributed by atoms with Gasteiger partial charge in [0.25, 0.3) is 11.7 Å². The molecule has 3 aromatic carbocycles. The second-order valence-electron chi connectivity index (χ2n) is 6.93. The molecule has 1 fully saturated rings. The average molecular weight is 543 g/mol. The summed E-state index contributed by atoms with van der Waals surface area (Å²) in [5.41, 5.74) is 1.73. The number of hydrogen-bond donors (Lipinski definition) is 1. The molecule has 0 spiro atoms. The van der Waals surface area contributed by atoms with Crippen LogP contribution in [0.25, 0.3) is 5.76 Å². The summed E-state index contributed by atoms with van der Waals surface area (Å²) in [6.45, 7) is 0. The van der Waals surface area contributed by atoms with Crippen molar-refractivity contribution >= 4 is 55.0 Å². The topological polar surface area (TPSA) is 66.8 Å². The molecule has 0 aromatic heterocycles. The van der Waals surface area contributed by atoms with E-state index in [1.165, 1.54) is 4.90 Å². The highest BCUT2D eigenvalue weighted by atomic mass is 79.9. The molecule has 3 aromatic rings. The molecule has 1 heterocycles. The first-order chi connectivity index (χ1) is 14.9. The van der Waals surface area contributed by atoms with E-state index in [2.05, 4.69) is 31.9 Å². The van der Waals surface area contributed by atoms with Gasteiger partial charge in [-0.1, -0.05) is 56.1 Å². The van der Waals surface area contributed by atoms with E-state index in [4.69, 9.17) is 4.74 Å². The Balaban J connectivity index is 1.92. The van der Waals surface area contributed by atoms with Crippen molar-refractivity contribution in [1.82, 2.24) is 0 Å². The summed E-state index contributed by atoms with van der Waals surface area (Å²) < 4.78 is 6.92. The number of carbonyl (C=O) groups is 2. The third-order valence-corrected chi connectivity index (χ3v) is 6.16. The van der Waals surface area contributed by atoms with Crippen molar-refractivity contribution in [3.63, 3.8) is 0 Å². The number of carbonyl (C=O) groups excluding carboxylic acids is 2. The number of nitrogens with zero attached hydrogens (tertiary/aromatic N) is 1. The Hall–Kier alpha value is -2.90. The molecule has 4 rings (SSSR count). The van der Waals surface area contributed by atoms with Gasteiger partial charge in [-0.2, -0.15) is 0 Å². The van der Waals surface area contributed by atoms with Crippen molar-refractivity contribution in [2.75, 3.05) is 12.0 Å². The molecule has 1 amide bonds. The maximum Gasteiger partial charge on any atom is 0.300 e.